The molecule has 0 heterocycles. The number of nitrogens with one attached hydrogen (secondary N) is 2. The lowest BCUT2D eigenvalue weighted by atomic mass is 10.2. The number of thioether (sulfide) groups is 1. The zero-order valence-electron chi connectivity index (χ0n) is 15.9. The van der Waals surface area contributed by atoms with Crippen molar-refractivity contribution in [3.63, 3.8) is 0 Å². The third kappa shape index (κ3) is 10.8. The van der Waals surface area contributed by atoms with E-state index in [4.69, 9.17) is 9.47 Å². The lowest BCUT2D eigenvalue weighted by molar-refractivity contribution is 0.172. The maximum Gasteiger partial charge on any atom is 0.195 e. The molecule has 5 nitrogen and oxygen atoms in total. The van der Waals surface area contributed by atoms with Crippen molar-refractivity contribution in [3.05, 3.63) is 24.3 Å². The van der Waals surface area contributed by atoms with Crippen LogP contribution in [-0.4, -0.2) is 50.4 Å². The molecule has 25 heavy (non-hydrogen) atoms. The van der Waals surface area contributed by atoms with Crippen LogP contribution in [0, 0.1) is 0 Å². The molecule has 1 rings (SSSR count). The van der Waals surface area contributed by atoms with Crippen LogP contribution in [0.3, 0.4) is 0 Å². The highest BCUT2D eigenvalue weighted by molar-refractivity contribution is 14.0. The van der Waals surface area contributed by atoms with Gasteiger partial charge < -0.3 is 20.1 Å². The molecule has 0 fully saturated rings. The number of nitrogens with zero attached hydrogens (tertiary/aromatic N) is 1. The van der Waals surface area contributed by atoms with Crippen LogP contribution in [0.2, 0.25) is 0 Å². The average molecular weight is 481 g/mol. The van der Waals surface area contributed by atoms with E-state index in [0.29, 0.717) is 13.2 Å². The van der Waals surface area contributed by atoms with Gasteiger partial charge in [0.1, 0.15) is 5.75 Å². The second-order valence-electron chi connectivity index (χ2n) is 6.01. The molecule has 0 aliphatic heterocycles. The van der Waals surface area contributed by atoms with Gasteiger partial charge in [0, 0.05) is 43.2 Å². The van der Waals surface area contributed by atoms with Crippen LogP contribution in [0.15, 0.2) is 29.3 Å². The third-order valence-electron chi connectivity index (χ3n) is 3.37. The fourth-order valence-corrected chi connectivity index (χ4v) is 2.03. The van der Waals surface area contributed by atoms with E-state index in [2.05, 4.69) is 42.7 Å². The Kier molecular flexibility index (Phi) is 13.2. The van der Waals surface area contributed by atoms with Gasteiger partial charge in [0.05, 0.1) is 13.2 Å². The van der Waals surface area contributed by atoms with Crippen molar-refractivity contribution in [3.8, 4) is 5.75 Å². The Balaban J connectivity index is 0.00000576. The van der Waals surface area contributed by atoms with Crippen LogP contribution >= 0.6 is 35.7 Å². The summed E-state index contributed by atoms with van der Waals surface area (Å²) in [4.78, 5) is 4.68. The van der Waals surface area contributed by atoms with Gasteiger partial charge >= 0.3 is 0 Å². The van der Waals surface area contributed by atoms with Gasteiger partial charge in [-0.25, -0.2) is 0 Å². The summed E-state index contributed by atoms with van der Waals surface area (Å²) in [5, 5.41) is 6.62. The van der Waals surface area contributed by atoms with Crippen molar-refractivity contribution in [1.29, 1.82) is 0 Å². The molecule has 0 radical (unpaired) electrons. The quantitative estimate of drug-likeness (QED) is 0.227. The molecule has 7 heteroatoms. The van der Waals surface area contributed by atoms with Crippen LogP contribution in [0.5, 0.6) is 5.75 Å². The Labute approximate surface area is 173 Å². The normalized spacial score (nSPS) is 11.6. The Morgan fingerprint density at radius 3 is 2.68 bits per heavy atom. The number of rotatable bonds is 10. The van der Waals surface area contributed by atoms with E-state index in [1.54, 1.807) is 7.11 Å². The molecule has 0 saturated carbocycles. The lowest BCUT2D eigenvalue weighted by Crippen LogP contribution is -2.32. The number of benzene rings is 1. The Morgan fingerprint density at radius 1 is 1.28 bits per heavy atom. The smallest absolute Gasteiger partial charge is 0.195 e. The minimum absolute atomic E-state index is 0. The molecule has 2 N–H and O–H groups in total. The van der Waals surface area contributed by atoms with Gasteiger partial charge in [0.2, 0.25) is 0 Å². The maximum atomic E-state index is 5.74. The molecule has 1 aromatic rings. The molecule has 0 aliphatic carbocycles. The molecule has 0 aliphatic rings. The first-order valence-corrected chi connectivity index (χ1v) is 9.55. The first-order valence-electron chi connectivity index (χ1n) is 8.33. The number of hydrogen-bond donors (Lipinski definition) is 2. The van der Waals surface area contributed by atoms with Gasteiger partial charge in [-0.1, -0.05) is 6.07 Å². The van der Waals surface area contributed by atoms with Crippen molar-refractivity contribution in [2.75, 3.05) is 45.0 Å². The summed E-state index contributed by atoms with van der Waals surface area (Å²) >= 11 is 1.82. The molecular formula is C18H32IN3O2S. The van der Waals surface area contributed by atoms with Crippen LogP contribution in [-0.2, 0) is 4.74 Å². The predicted molar refractivity (Wildman–Crippen MR) is 121 cm³/mol. The van der Waals surface area contributed by atoms with Crippen molar-refractivity contribution in [2.45, 2.75) is 31.9 Å². The van der Waals surface area contributed by atoms with Gasteiger partial charge in [-0.05, 0) is 39.2 Å². The molecule has 0 unspecified atom stereocenters. The average Bonchev–Trinajstić information content (AvgIpc) is 2.57. The van der Waals surface area contributed by atoms with Crippen LogP contribution in [0.25, 0.3) is 0 Å². The summed E-state index contributed by atoms with van der Waals surface area (Å²) in [6.45, 7) is 9.37. The van der Waals surface area contributed by atoms with E-state index in [0.717, 1.165) is 36.9 Å². The van der Waals surface area contributed by atoms with E-state index in [-0.39, 0.29) is 28.7 Å². The zero-order valence-corrected chi connectivity index (χ0v) is 19.1. The van der Waals surface area contributed by atoms with Gasteiger partial charge in [-0.2, -0.15) is 11.8 Å². The Bertz CT molecular complexity index is 513. The summed E-state index contributed by atoms with van der Waals surface area (Å²) in [5.74, 6) is 1.63. The van der Waals surface area contributed by atoms with E-state index in [9.17, 15) is 0 Å². The predicted octanol–water partition coefficient (Wildman–Crippen LogP) is 4.24. The molecule has 0 atom stereocenters. The second-order valence-corrected chi connectivity index (χ2v) is 7.52. The standard InChI is InChI=1S/C18H31N3O2S.HI/c1-6-19-17(20-14-18(2,3)24-5)21-15-9-7-10-16(13-15)23-12-8-11-22-4;/h7,9-10,13H,6,8,11-12,14H2,1-5H3,(H2,19,20,21);1H. The summed E-state index contributed by atoms with van der Waals surface area (Å²) in [6, 6.07) is 7.93. The molecule has 144 valence electrons. The van der Waals surface area contributed by atoms with Gasteiger partial charge in [-0.3, -0.25) is 4.99 Å². The summed E-state index contributed by atoms with van der Waals surface area (Å²) in [5.41, 5.74) is 0.959. The Morgan fingerprint density at radius 2 is 2.04 bits per heavy atom. The number of anilines is 1. The lowest BCUT2D eigenvalue weighted by Gasteiger charge is -2.20. The highest BCUT2D eigenvalue weighted by Crippen LogP contribution is 2.21. The van der Waals surface area contributed by atoms with E-state index in [1.165, 1.54) is 0 Å². The van der Waals surface area contributed by atoms with Crippen LogP contribution < -0.4 is 15.4 Å². The maximum absolute atomic E-state index is 5.74. The third-order valence-corrected chi connectivity index (χ3v) is 4.61. The van der Waals surface area contributed by atoms with Gasteiger partial charge in [0.25, 0.3) is 0 Å². The van der Waals surface area contributed by atoms with Crippen LogP contribution in [0.1, 0.15) is 27.2 Å². The number of hydrogen-bond acceptors (Lipinski definition) is 4. The summed E-state index contributed by atoms with van der Waals surface area (Å²) < 4.78 is 10.9. The SMILES string of the molecule is CCNC(=NCC(C)(C)SC)Nc1cccc(OCCCOC)c1.I. The molecule has 0 saturated heterocycles. The van der Waals surface area contributed by atoms with E-state index < -0.39 is 0 Å². The summed E-state index contributed by atoms with van der Waals surface area (Å²) in [7, 11) is 1.70. The minimum Gasteiger partial charge on any atom is -0.493 e. The number of methoxy groups -OCH3 is 1. The molecule has 0 spiro atoms. The van der Waals surface area contributed by atoms with E-state index >= 15 is 0 Å². The van der Waals surface area contributed by atoms with Gasteiger partial charge in [0.15, 0.2) is 5.96 Å². The zero-order chi connectivity index (χ0) is 17.8. The topological polar surface area (TPSA) is 54.9 Å². The molecule has 0 bridgehead atoms. The summed E-state index contributed by atoms with van der Waals surface area (Å²) in [6.07, 6.45) is 2.99. The minimum atomic E-state index is 0. The molecule has 0 aromatic heterocycles. The molecular weight excluding hydrogens is 449 g/mol. The molecule has 1 aromatic carbocycles. The van der Waals surface area contributed by atoms with Crippen molar-refractivity contribution in [2.24, 2.45) is 4.99 Å². The highest BCUT2D eigenvalue weighted by Gasteiger charge is 2.15. The first kappa shape index (κ1) is 24.3. The van der Waals surface area contributed by atoms with E-state index in [1.807, 2.05) is 36.0 Å². The van der Waals surface area contributed by atoms with Gasteiger partial charge in [-0.15, -0.1) is 24.0 Å². The fraction of sp³-hybridized carbons (Fsp3) is 0.611. The number of aliphatic imine (C=N–C) groups is 1. The number of ether oxygens (including phenoxy) is 2. The second kappa shape index (κ2) is 13.5. The van der Waals surface area contributed by atoms with Crippen molar-refractivity contribution in [1.82, 2.24) is 5.32 Å². The number of guanidine groups is 1. The fourth-order valence-electron chi connectivity index (χ4n) is 1.83. The largest absolute Gasteiger partial charge is 0.493 e. The van der Waals surface area contributed by atoms with Crippen molar-refractivity contribution < 1.29 is 9.47 Å². The number of halogens is 1. The monoisotopic (exact) mass is 481 g/mol. The van der Waals surface area contributed by atoms with Crippen LogP contribution in [0.4, 0.5) is 5.69 Å². The van der Waals surface area contributed by atoms with Crippen molar-refractivity contribution >= 4 is 47.4 Å². The first-order chi connectivity index (χ1) is 11.5. The highest BCUT2D eigenvalue weighted by atomic mass is 127. The molecule has 0 amide bonds. The Hall–Kier alpha value is -0.670.